The van der Waals surface area contributed by atoms with Crippen LogP contribution in [0.3, 0.4) is 0 Å². The van der Waals surface area contributed by atoms with Crippen LogP contribution in [0.15, 0.2) is 30.5 Å². The zero-order valence-electron chi connectivity index (χ0n) is 14.1. The van der Waals surface area contributed by atoms with Crippen LogP contribution in [0.2, 0.25) is 0 Å². The SMILES string of the molecule is CCc1ccc(CN(C)[C@H]2CCN(c3ncccc3C(=O)O)C2)s1. The van der Waals surface area contributed by atoms with Crippen LogP contribution in [0.25, 0.3) is 0 Å². The Morgan fingerprint density at radius 3 is 2.92 bits per heavy atom. The van der Waals surface area contributed by atoms with Crippen molar-refractivity contribution in [2.45, 2.75) is 32.4 Å². The molecule has 0 spiro atoms. The normalized spacial score (nSPS) is 17.6. The number of carboxylic acid groups (broad SMARTS) is 1. The van der Waals surface area contributed by atoms with Gasteiger partial charge in [0.05, 0.1) is 0 Å². The maximum absolute atomic E-state index is 11.4. The van der Waals surface area contributed by atoms with Gasteiger partial charge in [-0.25, -0.2) is 9.78 Å². The van der Waals surface area contributed by atoms with Crippen LogP contribution in [0.1, 0.15) is 33.5 Å². The Kier molecular flexibility index (Phi) is 5.16. The Hall–Kier alpha value is -1.92. The lowest BCUT2D eigenvalue weighted by molar-refractivity contribution is 0.0697. The summed E-state index contributed by atoms with van der Waals surface area (Å²) in [6, 6.07) is 8.14. The van der Waals surface area contributed by atoms with Gasteiger partial charge in [-0.3, -0.25) is 4.90 Å². The molecule has 1 fully saturated rings. The monoisotopic (exact) mass is 345 g/mol. The molecule has 1 aliphatic rings. The molecule has 3 heterocycles. The summed E-state index contributed by atoms with van der Waals surface area (Å²) < 4.78 is 0. The van der Waals surface area contributed by atoms with Crippen LogP contribution >= 0.6 is 11.3 Å². The van der Waals surface area contributed by atoms with Crippen molar-refractivity contribution < 1.29 is 9.90 Å². The highest BCUT2D eigenvalue weighted by Gasteiger charge is 2.29. The highest BCUT2D eigenvalue weighted by atomic mass is 32.1. The molecule has 24 heavy (non-hydrogen) atoms. The quantitative estimate of drug-likeness (QED) is 0.872. The fourth-order valence-corrected chi connectivity index (χ4v) is 4.20. The summed E-state index contributed by atoms with van der Waals surface area (Å²) >= 11 is 1.88. The number of aromatic nitrogens is 1. The molecule has 2 aromatic heterocycles. The van der Waals surface area contributed by atoms with Crippen LogP contribution in [-0.4, -0.2) is 47.1 Å². The van der Waals surface area contributed by atoms with Crippen molar-refractivity contribution in [1.82, 2.24) is 9.88 Å². The van der Waals surface area contributed by atoms with Gasteiger partial charge in [0.25, 0.3) is 0 Å². The zero-order valence-corrected chi connectivity index (χ0v) is 14.9. The van der Waals surface area contributed by atoms with Gasteiger partial charge in [0.15, 0.2) is 0 Å². The molecule has 0 radical (unpaired) electrons. The number of hydrogen-bond acceptors (Lipinski definition) is 5. The first-order chi connectivity index (χ1) is 11.6. The van der Waals surface area contributed by atoms with Crippen LogP contribution in [0, 0.1) is 0 Å². The average molecular weight is 345 g/mol. The molecule has 3 rings (SSSR count). The Balaban J connectivity index is 1.65. The summed E-state index contributed by atoms with van der Waals surface area (Å²) in [7, 11) is 2.15. The van der Waals surface area contributed by atoms with E-state index in [-0.39, 0.29) is 5.56 Å². The molecule has 5 nitrogen and oxygen atoms in total. The highest BCUT2D eigenvalue weighted by Crippen LogP contribution is 2.26. The minimum absolute atomic E-state index is 0.284. The Labute approximate surface area is 146 Å². The summed E-state index contributed by atoms with van der Waals surface area (Å²) in [6.07, 6.45) is 3.78. The largest absolute Gasteiger partial charge is 0.478 e. The minimum Gasteiger partial charge on any atom is -0.478 e. The fraction of sp³-hybridized carbons (Fsp3) is 0.444. The molecule has 2 aromatic rings. The lowest BCUT2D eigenvalue weighted by Gasteiger charge is -2.25. The van der Waals surface area contributed by atoms with Gasteiger partial charge in [0.2, 0.25) is 0 Å². The third kappa shape index (κ3) is 3.60. The van der Waals surface area contributed by atoms with Gasteiger partial charge in [0.1, 0.15) is 11.4 Å². The highest BCUT2D eigenvalue weighted by molar-refractivity contribution is 7.11. The third-order valence-electron chi connectivity index (χ3n) is 4.57. The molecule has 0 amide bonds. The number of pyridine rings is 1. The second kappa shape index (κ2) is 7.32. The lowest BCUT2D eigenvalue weighted by Crippen LogP contribution is -2.34. The smallest absolute Gasteiger partial charge is 0.339 e. The van der Waals surface area contributed by atoms with Crippen molar-refractivity contribution in [3.05, 3.63) is 45.8 Å². The molecular weight excluding hydrogens is 322 g/mol. The van der Waals surface area contributed by atoms with E-state index in [9.17, 15) is 9.90 Å². The predicted molar refractivity (Wildman–Crippen MR) is 97.0 cm³/mol. The van der Waals surface area contributed by atoms with E-state index < -0.39 is 5.97 Å². The van der Waals surface area contributed by atoms with Crippen molar-refractivity contribution in [1.29, 1.82) is 0 Å². The Morgan fingerprint density at radius 1 is 1.42 bits per heavy atom. The van der Waals surface area contributed by atoms with Gasteiger partial charge in [0, 0.05) is 41.6 Å². The number of hydrogen-bond donors (Lipinski definition) is 1. The molecule has 0 aromatic carbocycles. The number of carbonyl (C=O) groups is 1. The number of likely N-dealkylation sites (N-methyl/N-ethyl adjacent to an activating group) is 1. The second-order valence-electron chi connectivity index (χ2n) is 6.20. The number of anilines is 1. The van der Waals surface area contributed by atoms with E-state index in [2.05, 4.69) is 40.9 Å². The molecule has 128 valence electrons. The molecule has 0 aliphatic carbocycles. The van der Waals surface area contributed by atoms with E-state index in [1.54, 1.807) is 18.3 Å². The van der Waals surface area contributed by atoms with Crippen molar-refractivity contribution in [2.75, 3.05) is 25.0 Å². The Morgan fingerprint density at radius 2 is 2.21 bits per heavy atom. The van der Waals surface area contributed by atoms with Gasteiger partial charge in [-0.15, -0.1) is 11.3 Å². The summed E-state index contributed by atoms with van der Waals surface area (Å²) in [6.45, 7) is 4.79. The predicted octanol–water partition coefficient (Wildman–Crippen LogP) is 3.11. The maximum atomic E-state index is 11.4. The molecule has 1 saturated heterocycles. The average Bonchev–Trinajstić information content (AvgIpc) is 3.24. The first-order valence-electron chi connectivity index (χ1n) is 8.29. The number of aromatic carboxylic acids is 1. The number of carboxylic acids is 1. The van der Waals surface area contributed by atoms with Gasteiger partial charge in [-0.05, 0) is 44.2 Å². The number of thiophene rings is 1. The van der Waals surface area contributed by atoms with E-state index in [0.29, 0.717) is 11.9 Å². The summed E-state index contributed by atoms with van der Waals surface area (Å²) in [4.78, 5) is 23.0. The van der Waals surface area contributed by atoms with Gasteiger partial charge in [-0.1, -0.05) is 6.92 Å². The van der Waals surface area contributed by atoms with Crippen LogP contribution in [-0.2, 0) is 13.0 Å². The summed E-state index contributed by atoms with van der Waals surface area (Å²) in [5.41, 5.74) is 0.284. The molecule has 1 atom stereocenters. The van der Waals surface area contributed by atoms with Crippen molar-refractivity contribution >= 4 is 23.1 Å². The maximum Gasteiger partial charge on any atom is 0.339 e. The standard InChI is InChI=1S/C18H23N3O2S/c1-3-14-6-7-15(24-14)12-20(2)13-8-10-21(11-13)17-16(18(22)23)5-4-9-19-17/h4-7,9,13H,3,8,10-12H2,1-2H3,(H,22,23)/t13-/m0/s1. The molecule has 0 unspecified atom stereocenters. The second-order valence-corrected chi connectivity index (χ2v) is 7.46. The molecule has 1 aliphatic heterocycles. The van der Waals surface area contributed by atoms with E-state index in [1.165, 1.54) is 9.75 Å². The van der Waals surface area contributed by atoms with Crippen molar-refractivity contribution in [3.63, 3.8) is 0 Å². The van der Waals surface area contributed by atoms with E-state index in [0.717, 1.165) is 32.5 Å². The molecule has 1 N–H and O–H groups in total. The molecule has 6 heteroatoms. The first-order valence-corrected chi connectivity index (χ1v) is 9.11. The zero-order chi connectivity index (χ0) is 17.1. The summed E-state index contributed by atoms with van der Waals surface area (Å²) in [5.74, 6) is -0.328. The number of aryl methyl sites for hydroxylation is 1. The van der Waals surface area contributed by atoms with Gasteiger partial charge in [-0.2, -0.15) is 0 Å². The van der Waals surface area contributed by atoms with Crippen LogP contribution < -0.4 is 4.90 Å². The van der Waals surface area contributed by atoms with Crippen molar-refractivity contribution in [3.8, 4) is 0 Å². The van der Waals surface area contributed by atoms with E-state index in [4.69, 9.17) is 0 Å². The summed E-state index contributed by atoms with van der Waals surface area (Å²) in [5, 5.41) is 9.35. The molecular formula is C18H23N3O2S. The van der Waals surface area contributed by atoms with E-state index in [1.807, 2.05) is 11.3 Å². The third-order valence-corrected chi connectivity index (χ3v) is 5.79. The van der Waals surface area contributed by atoms with Crippen LogP contribution in [0.4, 0.5) is 5.82 Å². The van der Waals surface area contributed by atoms with Gasteiger partial charge >= 0.3 is 5.97 Å². The number of nitrogens with zero attached hydrogens (tertiary/aromatic N) is 3. The van der Waals surface area contributed by atoms with Crippen molar-refractivity contribution in [2.24, 2.45) is 0 Å². The topological polar surface area (TPSA) is 56.7 Å². The van der Waals surface area contributed by atoms with Crippen LogP contribution in [0.5, 0.6) is 0 Å². The first kappa shape index (κ1) is 16.9. The lowest BCUT2D eigenvalue weighted by atomic mass is 10.2. The number of rotatable bonds is 6. The molecule has 0 bridgehead atoms. The van der Waals surface area contributed by atoms with E-state index >= 15 is 0 Å². The molecule has 0 saturated carbocycles. The fourth-order valence-electron chi connectivity index (χ4n) is 3.18. The Bertz CT molecular complexity index is 716. The minimum atomic E-state index is -0.916. The van der Waals surface area contributed by atoms with Gasteiger partial charge < -0.3 is 10.0 Å².